The minimum atomic E-state index is 0.511. The van der Waals surface area contributed by atoms with Gasteiger partial charge in [0.25, 0.3) is 0 Å². The average Bonchev–Trinajstić information content (AvgIpc) is 2.90. The number of benzene rings is 1. The van der Waals surface area contributed by atoms with Gasteiger partial charge in [0.2, 0.25) is 0 Å². The highest BCUT2D eigenvalue weighted by Gasteiger charge is 2.20. The molecule has 3 aromatic rings. The summed E-state index contributed by atoms with van der Waals surface area (Å²) in [5, 5.41) is 4.53. The molecule has 5 heteroatoms. The molecule has 1 aromatic carbocycles. The van der Waals surface area contributed by atoms with Gasteiger partial charge in [-0.05, 0) is 43.0 Å². The molecular formula is C20H23N3OS. The van der Waals surface area contributed by atoms with E-state index in [2.05, 4.69) is 51.4 Å². The first-order valence-corrected chi connectivity index (χ1v) is 9.69. The van der Waals surface area contributed by atoms with E-state index in [1.165, 1.54) is 16.6 Å². The van der Waals surface area contributed by atoms with Crippen LogP contribution in [0.5, 0.6) is 0 Å². The van der Waals surface area contributed by atoms with Gasteiger partial charge in [0, 0.05) is 36.6 Å². The molecule has 25 heavy (non-hydrogen) atoms. The van der Waals surface area contributed by atoms with Gasteiger partial charge < -0.3 is 4.74 Å². The van der Waals surface area contributed by atoms with Gasteiger partial charge >= 0.3 is 0 Å². The Morgan fingerprint density at radius 1 is 1.32 bits per heavy atom. The van der Waals surface area contributed by atoms with Crippen molar-refractivity contribution < 1.29 is 4.74 Å². The van der Waals surface area contributed by atoms with E-state index in [9.17, 15) is 0 Å². The van der Waals surface area contributed by atoms with Crippen LogP contribution in [0.25, 0.3) is 10.9 Å². The maximum Gasteiger partial charge on any atom is 0.0897 e. The second-order valence-electron chi connectivity index (χ2n) is 6.77. The van der Waals surface area contributed by atoms with Crippen LogP contribution in [0.3, 0.4) is 0 Å². The van der Waals surface area contributed by atoms with Crippen molar-refractivity contribution in [2.24, 2.45) is 5.92 Å². The van der Waals surface area contributed by atoms with Crippen LogP contribution in [0, 0.1) is 12.8 Å². The van der Waals surface area contributed by atoms with Gasteiger partial charge in [-0.1, -0.05) is 12.1 Å². The van der Waals surface area contributed by atoms with Crippen molar-refractivity contribution in [1.29, 1.82) is 0 Å². The summed E-state index contributed by atoms with van der Waals surface area (Å²) in [4.78, 5) is 11.5. The summed E-state index contributed by atoms with van der Waals surface area (Å²) in [5.41, 5.74) is 3.60. The first-order valence-electron chi connectivity index (χ1n) is 8.81. The molecule has 0 unspecified atom stereocenters. The van der Waals surface area contributed by atoms with Crippen LogP contribution in [-0.2, 0) is 17.7 Å². The highest BCUT2D eigenvalue weighted by Crippen LogP contribution is 2.20. The van der Waals surface area contributed by atoms with Gasteiger partial charge in [0.1, 0.15) is 0 Å². The molecule has 1 aliphatic rings. The van der Waals surface area contributed by atoms with E-state index in [4.69, 9.17) is 4.74 Å². The van der Waals surface area contributed by atoms with Gasteiger partial charge in [0.15, 0.2) is 0 Å². The zero-order chi connectivity index (χ0) is 17.1. The molecule has 0 bridgehead atoms. The Morgan fingerprint density at radius 2 is 2.28 bits per heavy atom. The van der Waals surface area contributed by atoms with Crippen LogP contribution in [0.1, 0.15) is 16.3 Å². The molecule has 1 aliphatic heterocycles. The summed E-state index contributed by atoms with van der Waals surface area (Å²) in [6.07, 6.45) is 2.89. The van der Waals surface area contributed by atoms with E-state index in [0.717, 1.165) is 49.8 Å². The number of hydrogen-bond acceptors (Lipinski definition) is 5. The number of nitrogens with zero attached hydrogens (tertiary/aromatic N) is 3. The monoisotopic (exact) mass is 353 g/mol. The van der Waals surface area contributed by atoms with Crippen molar-refractivity contribution in [1.82, 2.24) is 14.9 Å². The lowest BCUT2D eigenvalue weighted by molar-refractivity contribution is 0.121. The standard InChI is InChI=1S/C20H23N3OS/c1-15-22-19(14-25-15)12-23-7-8-24-13-17(11-23)9-16-4-5-20-18(10-16)3-2-6-21-20/h2-6,10,14,17H,7-9,11-13H2,1H3/t17-/m0/s1. The van der Waals surface area contributed by atoms with Crippen molar-refractivity contribution in [2.45, 2.75) is 19.9 Å². The quantitative estimate of drug-likeness (QED) is 0.717. The molecular weight excluding hydrogens is 330 g/mol. The fourth-order valence-electron chi connectivity index (χ4n) is 3.52. The zero-order valence-corrected chi connectivity index (χ0v) is 15.3. The van der Waals surface area contributed by atoms with Gasteiger partial charge in [-0.25, -0.2) is 4.98 Å². The minimum absolute atomic E-state index is 0.511. The lowest BCUT2D eigenvalue weighted by atomic mass is 9.98. The predicted octanol–water partition coefficient (Wildman–Crippen LogP) is 3.69. The van der Waals surface area contributed by atoms with Crippen molar-refractivity contribution in [3.63, 3.8) is 0 Å². The van der Waals surface area contributed by atoms with Crippen LogP contribution >= 0.6 is 11.3 Å². The third-order valence-electron chi connectivity index (χ3n) is 4.67. The first-order chi connectivity index (χ1) is 12.3. The van der Waals surface area contributed by atoms with Gasteiger partial charge in [-0.2, -0.15) is 0 Å². The number of aromatic nitrogens is 2. The molecule has 4 rings (SSSR count). The third-order valence-corrected chi connectivity index (χ3v) is 5.49. The van der Waals surface area contributed by atoms with Crippen LogP contribution in [-0.4, -0.2) is 41.2 Å². The zero-order valence-electron chi connectivity index (χ0n) is 14.5. The highest BCUT2D eigenvalue weighted by atomic mass is 32.1. The Bertz CT molecular complexity index is 848. The van der Waals surface area contributed by atoms with E-state index in [1.54, 1.807) is 11.3 Å². The van der Waals surface area contributed by atoms with Crippen molar-refractivity contribution in [3.8, 4) is 0 Å². The summed E-state index contributed by atoms with van der Waals surface area (Å²) in [5.74, 6) is 0.511. The van der Waals surface area contributed by atoms with E-state index in [1.807, 2.05) is 12.3 Å². The maximum absolute atomic E-state index is 5.87. The summed E-state index contributed by atoms with van der Waals surface area (Å²) < 4.78 is 5.87. The van der Waals surface area contributed by atoms with Crippen molar-refractivity contribution >= 4 is 22.2 Å². The lowest BCUT2D eigenvalue weighted by Gasteiger charge is -2.22. The number of fused-ring (bicyclic) bond motifs is 1. The summed E-state index contributed by atoms with van der Waals surface area (Å²) in [6, 6.07) is 10.7. The number of pyridine rings is 1. The third kappa shape index (κ3) is 4.24. The van der Waals surface area contributed by atoms with Crippen LogP contribution in [0.15, 0.2) is 41.9 Å². The number of ether oxygens (including phenoxy) is 1. The number of thiazole rings is 1. The first kappa shape index (κ1) is 16.6. The fraction of sp³-hybridized carbons (Fsp3) is 0.400. The average molecular weight is 353 g/mol. The molecule has 2 aromatic heterocycles. The molecule has 0 aliphatic carbocycles. The number of rotatable bonds is 4. The van der Waals surface area contributed by atoms with Crippen LogP contribution in [0.2, 0.25) is 0 Å². The van der Waals surface area contributed by atoms with Gasteiger partial charge in [-0.15, -0.1) is 11.3 Å². The van der Waals surface area contributed by atoms with E-state index < -0.39 is 0 Å². The van der Waals surface area contributed by atoms with Crippen LogP contribution in [0.4, 0.5) is 0 Å². The Labute approximate surface area is 152 Å². The molecule has 1 fully saturated rings. The topological polar surface area (TPSA) is 38.2 Å². The maximum atomic E-state index is 5.87. The molecule has 0 spiro atoms. The summed E-state index contributed by atoms with van der Waals surface area (Å²) >= 11 is 1.73. The van der Waals surface area contributed by atoms with Gasteiger partial charge in [0.05, 0.1) is 29.4 Å². The molecule has 1 atom stereocenters. The number of hydrogen-bond donors (Lipinski definition) is 0. The smallest absolute Gasteiger partial charge is 0.0897 e. The Balaban J connectivity index is 1.44. The molecule has 0 N–H and O–H groups in total. The van der Waals surface area contributed by atoms with E-state index in [0.29, 0.717) is 5.92 Å². The highest BCUT2D eigenvalue weighted by molar-refractivity contribution is 7.09. The molecule has 0 radical (unpaired) electrons. The van der Waals surface area contributed by atoms with Crippen LogP contribution < -0.4 is 0 Å². The minimum Gasteiger partial charge on any atom is -0.380 e. The molecule has 130 valence electrons. The van der Waals surface area contributed by atoms with E-state index in [-0.39, 0.29) is 0 Å². The predicted molar refractivity (Wildman–Crippen MR) is 102 cm³/mol. The fourth-order valence-corrected chi connectivity index (χ4v) is 4.12. The molecule has 3 heterocycles. The summed E-state index contributed by atoms with van der Waals surface area (Å²) in [6.45, 7) is 6.66. The normalized spacial score (nSPS) is 19.2. The van der Waals surface area contributed by atoms with Crippen molar-refractivity contribution in [3.05, 3.63) is 58.2 Å². The molecule has 0 saturated carbocycles. The lowest BCUT2D eigenvalue weighted by Crippen LogP contribution is -2.30. The second-order valence-corrected chi connectivity index (χ2v) is 7.83. The Hall–Kier alpha value is -1.82. The molecule has 4 nitrogen and oxygen atoms in total. The molecule has 0 amide bonds. The Morgan fingerprint density at radius 3 is 3.16 bits per heavy atom. The molecule has 1 saturated heterocycles. The Kier molecular flexibility index (Phi) is 5.06. The summed E-state index contributed by atoms with van der Waals surface area (Å²) in [7, 11) is 0. The largest absolute Gasteiger partial charge is 0.380 e. The second kappa shape index (κ2) is 7.60. The van der Waals surface area contributed by atoms with Gasteiger partial charge in [-0.3, -0.25) is 9.88 Å². The van der Waals surface area contributed by atoms with Crippen molar-refractivity contribution in [2.75, 3.05) is 26.3 Å². The number of aryl methyl sites for hydroxylation is 1. The van der Waals surface area contributed by atoms with E-state index >= 15 is 0 Å². The SMILES string of the molecule is Cc1nc(CN2CCOC[C@@H](Cc3ccc4ncccc4c3)C2)cs1.